The van der Waals surface area contributed by atoms with Crippen molar-refractivity contribution in [3.63, 3.8) is 0 Å². The van der Waals surface area contributed by atoms with Crippen LogP contribution in [0.4, 0.5) is 21.6 Å². The molecule has 3 heterocycles. The highest BCUT2D eigenvalue weighted by Gasteiger charge is 2.35. The summed E-state index contributed by atoms with van der Waals surface area (Å²) in [5, 5.41) is 23.6. The van der Waals surface area contributed by atoms with Gasteiger partial charge in [0, 0.05) is 38.6 Å². The fraction of sp³-hybridized carbons (Fsp3) is 0.438. The van der Waals surface area contributed by atoms with E-state index < -0.39 is 17.3 Å². The molecule has 5 aromatic rings. The van der Waals surface area contributed by atoms with E-state index in [1.807, 2.05) is 12.1 Å². The lowest BCUT2D eigenvalue weighted by Crippen LogP contribution is -2.38. The average Bonchev–Trinajstić information content (AvgIpc) is 3.38. The molecule has 0 amide bonds. The molecule has 2 saturated carbocycles. The van der Waals surface area contributed by atoms with Crippen molar-refractivity contribution in [1.29, 1.82) is 0 Å². The third-order valence-electron chi connectivity index (χ3n) is 9.46. The molecule has 12 nitrogen and oxygen atoms in total. The molecule has 0 unspecified atom stereocenters. The summed E-state index contributed by atoms with van der Waals surface area (Å²) in [7, 11) is 3.47. The highest BCUT2D eigenvalue weighted by atomic mass is 35.5. The first-order valence-corrected chi connectivity index (χ1v) is 15.8. The summed E-state index contributed by atoms with van der Waals surface area (Å²) >= 11 is 6.01. The van der Waals surface area contributed by atoms with Gasteiger partial charge < -0.3 is 21.3 Å². The zero-order chi connectivity index (χ0) is 32.8. The Morgan fingerprint density at radius 1 is 0.870 bits per heavy atom. The summed E-state index contributed by atoms with van der Waals surface area (Å²) in [5.74, 6) is 0.150. The molecule has 0 atom stereocenters. The van der Waals surface area contributed by atoms with Crippen LogP contribution < -0.4 is 22.4 Å². The number of nitrogens with two attached hydrogens (primary N) is 1. The number of nitrogens with zero attached hydrogens (tertiary/aromatic N) is 6. The minimum atomic E-state index is -0.881. The molecule has 2 aromatic carbocycles. The Bertz CT molecular complexity index is 2040. The molecule has 7 rings (SSSR count). The van der Waals surface area contributed by atoms with Gasteiger partial charge in [-0.2, -0.15) is 9.37 Å². The van der Waals surface area contributed by atoms with Gasteiger partial charge in [-0.25, -0.2) is 14.6 Å². The van der Waals surface area contributed by atoms with Gasteiger partial charge >= 0.3 is 17.5 Å². The van der Waals surface area contributed by atoms with Gasteiger partial charge in [0.05, 0.1) is 39.5 Å². The van der Waals surface area contributed by atoms with Gasteiger partial charge in [-0.1, -0.05) is 11.6 Å². The summed E-state index contributed by atoms with van der Waals surface area (Å²) < 4.78 is 19.8. The second kappa shape index (κ2) is 12.2. The lowest BCUT2D eigenvalue weighted by molar-refractivity contribution is -0.0436. The van der Waals surface area contributed by atoms with Crippen molar-refractivity contribution in [3.05, 3.63) is 74.7 Å². The number of rotatable bonds is 8. The normalized spacial score (nSPS) is 16.5. The number of aryl methyl sites for hydroxylation is 4. The Balaban J connectivity index is 0.000000172. The molecule has 2 fully saturated rings. The van der Waals surface area contributed by atoms with Crippen molar-refractivity contribution < 1.29 is 14.6 Å². The maximum atomic E-state index is 13.3. The van der Waals surface area contributed by atoms with Crippen molar-refractivity contribution in [2.75, 3.05) is 11.1 Å². The maximum Gasteiger partial charge on any atom is 0.328 e. The van der Waals surface area contributed by atoms with Crippen LogP contribution in [0.3, 0.4) is 0 Å². The first kappa shape index (κ1) is 31.8. The number of nitrogen functional groups attached to an aromatic ring is 1. The number of aromatic nitrogens is 6. The smallest absolute Gasteiger partial charge is 0.328 e. The Morgan fingerprint density at radius 3 is 1.91 bits per heavy atom. The average molecular weight is 653 g/mol. The lowest BCUT2D eigenvalue weighted by atomic mass is 9.78. The van der Waals surface area contributed by atoms with E-state index in [1.54, 1.807) is 56.6 Å². The van der Waals surface area contributed by atoms with Crippen molar-refractivity contribution in [3.8, 4) is 0 Å². The van der Waals surface area contributed by atoms with E-state index in [0.29, 0.717) is 37.3 Å². The third-order valence-corrected chi connectivity index (χ3v) is 9.74. The number of halogens is 2. The molecule has 3 aromatic heterocycles. The number of nitrogens with one attached hydrogen (secondary N) is 1. The predicted molar refractivity (Wildman–Crippen MR) is 176 cm³/mol. The zero-order valence-electron chi connectivity index (χ0n) is 25.8. The van der Waals surface area contributed by atoms with Crippen molar-refractivity contribution >= 4 is 50.9 Å². The number of benzene rings is 2. The molecular weight excluding hydrogens is 615 g/mol. The van der Waals surface area contributed by atoms with Crippen LogP contribution in [0.15, 0.2) is 52.2 Å². The monoisotopic (exact) mass is 652 g/mol. The molecule has 0 aliphatic heterocycles. The van der Waals surface area contributed by atoms with E-state index in [1.165, 1.54) is 6.20 Å². The van der Waals surface area contributed by atoms with Gasteiger partial charge in [-0.15, -0.1) is 0 Å². The number of fused-ring (bicyclic) bond motifs is 2. The molecule has 0 bridgehead atoms. The summed E-state index contributed by atoms with van der Waals surface area (Å²) in [6.45, 7) is 0.967. The van der Waals surface area contributed by atoms with Crippen LogP contribution in [-0.4, -0.2) is 49.7 Å². The summed E-state index contributed by atoms with van der Waals surface area (Å²) in [5.41, 5.74) is 8.84. The minimum Gasteiger partial charge on any atom is -0.399 e. The molecule has 244 valence electrons. The lowest BCUT2D eigenvalue weighted by Gasteiger charge is -2.36. The third kappa shape index (κ3) is 6.14. The summed E-state index contributed by atoms with van der Waals surface area (Å²) in [6.07, 6.45) is 6.79. The standard InChI is InChI=1S/C18H19ClFN5O2.C14H19N3O2/c1-24-13-4-3-11(22-15-12(19)10-21-16(20)23-15)9-14(13)25(17(24)26)8-7-18(27)5-2-6-18;1-16-11-4-3-10(15)9-12(11)17(13(16)18)8-7-14(19)5-2-6-14/h3-4,9-10,27H,2,5-8H2,1H3,(H,21,22,23);3-4,9,19H,2,5-8,15H2,1H3. The topological polar surface area (TPSA) is 158 Å². The second-order valence-corrected chi connectivity index (χ2v) is 13.0. The number of aliphatic hydroxyl groups is 2. The summed E-state index contributed by atoms with van der Waals surface area (Å²) in [4.78, 5) is 31.9. The van der Waals surface area contributed by atoms with Crippen LogP contribution in [0.1, 0.15) is 51.4 Å². The van der Waals surface area contributed by atoms with Crippen LogP contribution in [0.5, 0.6) is 0 Å². The number of imidazole rings is 2. The van der Waals surface area contributed by atoms with E-state index in [0.717, 1.165) is 60.6 Å². The first-order valence-electron chi connectivity index (χ1n) is 15.4. The molecule has 2 aliphatic rings. The SMILES string of the molecule is Cn1c(=O)n(CCC2(O)CCC2)c2cc(N)ccc21.Cn1c(=O)n(CCC2(O)CCC2)c2cc(Nc3nc(F)ncc3Cl)ccc21. The van der Waals surface area contributed by atoms with Crippen LogP contribution in [-0.2, 0) is 27.2 Å². The Kier molecular flexibility index (Phi) is 8.42. The quantitative estimate of drug-likeness (QED) is 0.143. The molecule has 46 heavy (non-hydrogen) atoms. The van der Waals surface area contributed by atoms with E-state index in [4.69, 9.17) is 17.3 Å². The molecule has 14 heteroatoms. The Hall–Kier alpha value is -4.20. The van der Waals surface area contributed by atoms with E-state index in [2.05, 4.69) is 15.3 Å². The summed E-state index contributed by atoms with van der Waals surface area (Å²) in [6, 6.07) is 10.8. The minimum absolute atomic E-state index is 0.0523. The molecule has 0 spiro atoms. The van der Waals surface area contributed by atoms with Crippen molar-refractivity contribution in [1.82, 2.24) is 28.2 Å². The maximum absolute atomic E-state index is 13.3. The Labute approximate surface area is 268 Å². The number of anilines is 3. The fourth-order valence-electron chi connectivity index (χ4n) is 6.23. The highest BCUT2D eigenvalue weighted by Crippen LogP contribution is 2.36. The Morgan fingerprint density at radius 2 is 1.39 bits per heavy atom. The largest absolute Gasteiger partial charge is 0.399 e. The number of hydrogen-bond donors (Lipinski definition) is 4. The van der Waals surface area contributed by atoms with Crippen LogP contribution >= 0.6 is 11.6 Å². The molecule has 5 N–H and O–H groups in total. The predicted octanol–water partition coefficient (Wildman–Crippen LogP) is 4.20. The fourth-order valence-corrected chi connectivity index (χ4v) is 6.37. The molecule has 2 aliphatic carbocycles. The first-order chi connectivity index (χ1) is 21.9. The van der Waals surface area contributed by atoms with Gasteiger partial charge in [0.2, 0.25) is 0 Å². The zero-order valence-corrected chi connectivity index (χ0v) is 26.6. The molecular formula is C32H38ClFN8O4. The molecule has 0 radical (unpaired) electrons. The van der Waals surface area contributed by atoms with Gasteiger partial charge in [-0.05, 0) is 87.8 Å². The van der Waals surface area contributed by atoms with Crippen molar-refractivity contribution in [2.45, 2.75) is 75.7 Å². The van der Waals surface area contributed by atoms with E-state index in [9.17, 15) is 24.2 Å². The van der Waals surface area contributed by atoms with Gasteiger partial charge in [-0.3, -0.25) is 18.3 Å². The van der Waals surface area contributed by atoms with Gasteiger partial charge in [0.1, 0.15) is 5.02 Å². The second-order valence-electron chi connectivity index (χ2n) is 12.6. The number of hydrogen-bond acceptors (Lipinski definition) is 8. The van der Waals surface area contributed by atoms with Gasteiger partial charge in [0.25, 0.3) is 0 Å². The van der Waals surface area contributed by atoms with Crippen LogP contribution in [0, 0.1) is 6.08 Å². The van der Waals surface area contributed by atoms with E-state index in [-0.39, 0.29) is 22.2 Å². The van der Waals surface area contributed by atoms with Crippen molar-refractivity contribution in [2.24, 2.45) is 14.1 Å². The highest BCUT2D eigenvalue weighted by molar-refractivity contribution is 6.32. The van der Waals surface area contributed by atoms with Gasteiger partial charge in [0.15, 0.2) is 5.82 Å². The van der Waals surface area contributed by atoms with E-state index >= 15 is 0 Å². The molecule has 0 saturated heterocycles. The van der Waals surface area contributed by atoms with Crippen LogP contribution in [0.25, 0.3) is 22.1 Å². The van der Waals surface area contributed by atoms with Crippen LogP contribution in [0.2, 0.25) is 5.02 Å².